The molecule has 0 atom stereocenters. The molecule has 0 aliphatic carbocycles. The number of rotatable bonds is 7. The van der Waals surface area contributed by atoms with E-state index in [1.807, 2.05) is 36.4 Å². The predicted molar refractivity (Wildman–Crippen MR) is 120 cm³/mol. The van der Waals surface area contributed by atoms with Crippen molar-refractivity contribution in [1.82, 2.24) is 0 Å². The van der Waals surface area contributed by atoms with Crippen molar-refractivity contribution >= 4 is 23.5 Å². The molecule has 0 amide bonds. The molecule has 0 bridgehead atoms. The second-order valence-corrected chi connectivity index (χ2v) is 7.25. The van der Waals surface area contributed by atoms with Crippen LogP contribution in [0.3, 0.4) is 0 Å². The van der Waals surface area contributed by atoms with Gasteiger partial charge in [-0.25, -0.2) is 0 Å². The van der Waals surface area contributed by atoms with Crippen LogP contribution in [0.4, 0.5) is 0 Å². The maximum absolute atomic E-state index is 12.6. The highest BCUT2D eigenvalue weighted by molar-refractivity contribution is 6.32. The fourth-order valence-corrected chi connectivity index (χ4v) is 3.39. The fraction of sp³-hybridized carbons (Fsp3) is 0.160. The van der Waals surface area contributed by atoms with Crippen LogP contribution in [0.25, 0.3) is 6.08 Å². The van der Waals surface area contributed by atoms with Crippen molar-refractivity contribution in [2.75, 3.05) is 20.3 Å². The van der Waals surface area contributed by atoms with E-state index in [1.54, 1.807) is 37.5 Å². The molecule has 0 fully saturated rings. The molecular formula is C25H21ClO5. The second kappa shape index (κ2) is 9.58. The number of hydrogen-bond acceptors (Lipinski definition) is 5. The minimum atomic E-state index is -0.123. The molecule has 3 aromatic rings. The van der Waals surface area contributed by atoms with Gasteiger partial charge in [0.15, 0.2) is 17.3 Å². The van der Waals surface area contributed by atoms with Gasteiger partial charge in [0.2, 0.25) is 0 Å². The summed E-state index contributed by atoms with van der Waals surface area (Å²) in [6, 6.07) is 18.1. The lowest BCUT2D eigenvalue weighted by Gasteiger charge is -2.18. The number of benzene rings is 3. The van der Waals surface area contributed by atoms with Crippen molar-refractivity contribution in [2.45, 2.75) is 6.61 Å². The van der Waals surface area contributed by atoms with Crippen molar-refractivity contribution in [2.24, 2.45) is 0 Å². The van der Waals surface area contributed by atoms with Gasteiger partial charge in [0.05, 0.1) is 12.1 Å². The van der Waals surface area contributed by atoms with Crippen LogP contribution < -0.4 is 18.9 Å². The first-order valence-electron chi connectivity index (χ1n) is 9.80. The van der Waals surface area contributed by atoms with Crippen LogP contribution in [0, 0.1) is 0 Å². The van der Waals surface area contributed by atoms with Crippen LogP contribution in [0.2, 0.25) is 5.02 Å². The fourth-order valence-electron chi connectivity index (χ4n) is 3.20. The van der Waals surface area contributed by atoms with Gasteiger partial charge < -0.3 is 18.9 Å². The number of allylic oxidation sites excluding steroid dienone is 1. The van der Waals surface area contributed by atoms with Crippen LogP contribution in [0.5, 0.6) is 23.0 Å². The summed E-state index contributed by atoms with van der Waals surface area (Å²) in [4.78, 5) is 12.6. The largest absolute Gasteiger partial charge is 0.496 e. The van der Waals surface area contributed by atoms with E-state index in [-0.39, 0.29) is 12.4 Å². The molecule has 0 spiro atoms. The lowest BCUT2D eigenvalue weighted by atomic mass is 10.1. The minimum absolute atomic E-state index is 0.123. The summed E-state index contributed by atoms with van der Waals surface area (Å²) in [5.74, 6) is 2.42. The Morgan fingerprint density at radius 1 is 1.00 bits per heavy atom. The van der Waals surface area contributed by atoms with Crippen LogP contribution in [0.15, 0.2) is 66.7 Å². The van der Waals surface area contributed by atoms with Crippen LogP contribution in [-0.2, 0) is 6.61 Å². The third-order valence-electron chi connectivity index (χ3n) is 4.78. The molecule has 31 heavy (non-hydrogen) atoms. The van der Waals surface area contributed by atoms with Crippen LogP contribution in [-0.4, -0.2) is 26.1 Å². The predicted octanol–water partition coefficient (Wildman–Crippen LogP) is 5.59. The van der Waals surface area contributed by atoms with Gasteiger partial charge in [0.25, 0.3) is 0 Å². The summed E-state index contributed by atoms with van der Waals surface area (Å²) in [6.45, 7) is 1.27. The highest BCUT2D eigenvalue weighted by Crippen LogP contribution is 2.31. The number of fused-ring (bicyclic) bond motifs is 1. The Kier molecular flexibility index (Phi) is 6.43. The average Bonchev–Trinajstić information content (AvgIpc) is 2.81. The Bertz CT molecular complexity index is 1120. The first kappa shape index (κ1) is 20.8. The zero-order valence-electron chi connectivity index (χ0n) is 17.0. The molecule has 1 aliphatic rings. The number of hydrogen-bond donors (Lipinski definition) is 0. The first-order valence-corrected chi connectivity index (χ1v) is 10.2. The van der Waals surface area contributed by atoms with E-state index in [0.717, 1.165) is 11.1 Å². The summed E-state index contributed by atoms with van der Waals surface area (Å²) < 4.78 is 22.3. The van der Waals surface area contributed by atoms with E-state index >= 15 is 0 Å². The van der Waals surface area contributed by atoms with E-state index in [2.05, 4.69) is 0 Å². The quantitative estimate of drug-likeness (QED) is 0.356. The normalized spacial score (nSPS) is 12.6. The molecule has 1 heterocycles. The van der Waals surface area contributed by atoms with Gasteiger partial charge >= 0.3 is 0 Å². The Morgan fingerprint density at radius 2 is 1.81 bits per heavy atom. The standard InChI is InChI=1S/C25H21ClO5/c1-28-22-10-7-17(14-19(22)16-31-23-5-3-2-4-20(23)26)6-9-21(27)18-8-11-24-25(15-18)30-13-12-29-24/h2-11,14-15H,12-13,16H2,1H3/b9-6+. The molecule has 0 N–H and O–H groups in total. The van der Waals surface area contributed by atoms with Crippen molar-refractivity contribution in [3.63, 3.8) is 0 Å². The third kappa shape index (κ3) is 5.01. The van der Waals surface area contributed by atoms with Crippen molar-refractivity contribution < 1.29 is 23.7 Å². The summed E-state index contributed by atoms with van der Waals surface area (Å²) >= 11 is 6.16. The van der Waals surface area contributed by atoms with Gasteiger partial charge in [0.1, 0.15) is 31.3 Å². The lowest BCUT2D eigenvalue weighted by Crippen LogP contribution is -2.15. The summed E-state index contributed by atoms with van der Waals surface area (Å²) in [5.41, 5.74) is 2.23. The van der Waals surface area contributed by atoms with E-state index in [4.69, 9.17) is 30.5 Å². The number of ketones is 1. The van der Waals surface area contributed by atoms with Gasteiger partial charge in [-0.2, -0.15) is 0 Å². The molecule has 158 valence electrons. The minimum Gasteiger partial charge on any atom is -0.496 e. The highest BCUT2D eigenvalue weighted by Gasteiger charge is 2.14. The number of para-hydroxylation sites is 1. The van der Waals surface area contributed by atoms with Gasteiger partial charge in [-0.3, -0.25) is 4.79 Å². The molecule has 3 aromatic carbocycles. The number of carbonyl (C=O) groups excluding carboxylic acids is 1. The van der Waals surface area contributed by atoms with Crippen LogP contribution >= 0.6 is 11.6 Å². The smallest absolute Gasteiger partial charge is 0.185 e. The van der Waals surface area contributed by atoms with Crippen molar-refractivity contribution in [3.8, 4) is 23.0 Å². The summed E-state index contributed by atoms with van der Waals surface area (Å²) in [7, 11) is 1.61. The zero-order valence-corrected chi connectivity index (χ0v) is 17.7. The SMILES string of the molecule is COc1ccc(/C=C/C(=O)c2ccc3c(c2)OCCO3)cc1COc1ccccc1Cl. The molecule has 6 heteroatoms. The Hall–Kier alpha value is -3.44. The van der Waals surface area contributed by atoms with Gasteiger partial charge in [-0.05, 0) is 54.1 Å². The molecule has 0 radical (unpaired) electrons. The van der Waals surface area contributed by atoms with Crippen molar-refractivity contribution in [1.29, 1.82) is 0 Å². The Labute approximate surface area is 185 Å². The van der Waals surface area contributed by atoms with Crippen molar-refractivity contribution in [3.05, 3.63) is 88.5 Å². The lowest BCUT2D eigenvalue weighted by molar-refractivity contribution is 0.104. The molecule has 4 rings (SSSR count). The zero-order chi connectivity index (χ0) is 21.6. The molecule has 0 aromatic heterocycles. The van der Waals surface area contributed by atoms with Gasteiger partial charge in [-0.15, -0.1) is 0 Å². The average molecular weight is 437 g/mol. The maximum atomic E-state index is 12.6. The van der Waals surface area contributed by atoms with E-state index in [9.17, 15) is 4.79 Å². The molecule has 0 saturated carbocycles. The Balaban J connectivity index is 1.49. The number of carbonyl (C=O) groups is 1. The summed E-state index contributed by atoms with van der Waals surface area (Å²) in [5, 5.41) is 0.544. The van der Waals surface area contributed by atoms with E-state index in [0.29, 0.717) is 46.8 Å². The monoisotopic (exact) mass is 436 g/mol. The number of halogens is 1. The molecule has 1 aliphatic heterocycles. The van der Waals surface area contributed by atoms with E-state index < -0.39 is 0 Å². The topological polar surface area (TPSA) is 54.0 Å². The molecule has 0 unspecified atom stereocenters. The highest BCUT2D eigenvalue weighted by atomic mass is 35.5. The molecular weight excluding hydrogens is 416 g/mol. The first-order chi connectivity index (χ1) is 15.1. The van der Waals surface area contributed by atoms with Gasteiger partial charge in [-0.1, -0.05) is 35.9 Å². The third-order valence-corrected chi connectivity index (χ3v) is 5.09. The number of ether oxygens (including phenoxy) is 4. The molecule has 0 saturated heterocycles. The van der Waals surface area contributed by atoms with Crippen LogP contribution in [0.1, 0.15) is 21.5 Å². The van der Waals surface area contributed by atoms with Gasteiger partial charge in [0, 0.05) is 11.1 Å². The second-order valence-electron chi connectivity index (χ2n) is 6.85. The Morgan fingerprint density at radius 3 is 2.61 bits per heavy atom. The number of methoxy groups -OCH3 is 1. The van der Waals surface area contributed by atoms with E-state index in [1.165, 1.54) is 6.08 Å². The molecule has 5 nitrogen and oxygen atoms in total. The maximum Gasteiger partial charge on any atom is 0.185 e. The summed E-state index contributed by atoms with van der Waals surface area (Å²) in [6.07, 6.45) is 3.30.